The number of carboxylic acids is 1. The van der Waals surface area contributed by atoms with Gasteiger partial charge < -0.3 is 14.9 Å². The standard InChI is InChI=1S/C17H22F2N4O2/c1-10-4-6-23(10)16-20-14-12(3-2-5-17(14,18)19)15(21-16)22-8-11(9-22)7-13(24)25/h10-11H,2-9H2,1H3,(H,24,25). The van der Waals surface area contributed by atoms with Gasteiger partial charge in [0.25, 0.3) is 5.92 Å². The summed E-state index contributed by atoms with van der Waals surface area (Å²) in [5.74, 6) is -2.72. The number of rotatable bonds is 4. The molecule has 0 radical (unpaired) electrons. The molecule has 136 valence electrons. The van der Waals surface area contributed by atoms with Gasteiger partial charge in [0.05, 0.1) is 6.42 Å². The van der Waals surface area contributed by atoms with Crippen molar-refractivity contribution in [2.24, 2.45) is 5.92 Å². The van der Waals surface area contributed by atoms with Gasteiger partial charge in [-0.2, -0.15) is 13.8 Å². The van der Waals surface area contributed by atoms with Crippen LogP contribution in [0.1, 0.15) is 43.9 Å². The van der Waals surface area contributed by atoms with Crippen LogP contribution in [-0.2, 0) is 17.1 Å². The highest BCUT2D eigenvalue weighted by Crippen LogP contribution is 2.44. The predicted octanol–water partition coefficient (Wildman–Crippen LogP) is 2.41. The van der Waals surface area contributed by atoms with Crippen molar-refractivity contribution in [1.82, 2.24) is 9.97 Å². The highest BCUT2D eigenvalue weighted by atomic mass is 19.3. The molecule has 0 amide bonds. The maximum absolute atomic E-state index is 14.5. The van der Waals surface area contributed by atoms with Gasteiger partial charge in [0.1, 0.15) is 11.5 Å². The number of hydrogen-bond donors (Lipinski definition) is 1. The van der Waals surface area contributed by atoms with Crippen LogP contribution in [0.15, 0.2) is 0 Å². The molecule has 3 heterocycles. The lowest BCUT2D eigenvalue weighted by Gasteiger charge is -2.43. The molecule has 1 aromatic heterocycles. The van der Waals surface area contributed by atoms with Crippen LogP contribution < -0.4 is 9.80 Å². The lowest BCUT2D eigenvalue weighted by atomic mass is 9.90. The van der Waals surface area contributed by atoms with E-state index in [1.54, 1.807) is 0 Å². The van der Waals surface area contributed by atoms with Crippen molar-refractivity contribution in [3.8, 4) is 0 Å². The highest BCUT2D eigenvalue weighted by molar-refractivity contribution is 5.68. The fourth-order valence-corrected chi connectivity index (χ4v) is 3.92. The zero-order valence-electron chi connectivity index (χ0n) is 14.2. The van der Waals surface area contributed by atoms with Crippen molar-refractivity contribution >= 4 is 17.7 Å². The fraction of sp³-hybridized carbons (Fsp3) is 0.706. The van der Waals surface area contributed by atoms with Crippen LogP contribution in [0, 0.1) is 5.92 Å². The predicted molar refractivity (Wildman–Crippen MR) is 88.2 cm³/mol. The van der Waals surface area contributed by atoms with E-state index in [4.69, 9.17) is 5.11 Å². The first-order valence-corrected chi connectivity index (χ1v) is 8.88. The van der Waals surface area contributed by atoms with E-state index in [1.807, 2.05) is 16.7 Å². The van der Waals surface area contributed by atoms with E-state index >= 15 is 0 Å². The van der Waals surface area contributed by atoms with E-state index in [9.17, 15) is 13.6 Å². The summed E-state index contributed by atoms with van der Waals surface area (Å²) < 4.78 is 28.9. The smallest absolute Gasteiger partial charge is 0.303 e. The topological polar surface area (TPSA) is 69.6 Å². The van der Waals surface area contributed by atoms with Gasteiger partial charge in [-0.05, 0) is 26.2 Å². The molecule has 2 saturated heterocycles. The summed E-state index contributed by atoms with van der Waals surface area (Å²) in [5.41, 5.74) is 0.418. The Bertz CT molecular complexity index is 706. The van der Waals surface area contributed by atoms with E-state index in [1.165, 1.54) is 0 Å². The second-order valence-corrected chi connectivity index (χ2v) is 7.43. The number of hydrogen-bond acceptors (Lipinski definition) is 5. The number of aliphatic carboxylic acids is 1. The molecular formula is C17H22F2N4O2. The van der Waals surface area contributed by atoms with Crippen LogP contribution in [0.5, 0.6) is 0 Å². The minimum Gasteiger partial charge on any atom is -0.481 e. The Morgan fingerprint density at radius 1 is 1.36 bits per heavy atom. The molecule has 8 heteroatoms. The maximum Gasteiger partial charge on any atom is 0.303 e. The molecule has 2 fully saturated rings. The van der Waals surface area contributed by atoms with Gasteiger partial charge >= 0.3 is 5.97 Å². The summed E-state index contributed by atoms with van der Waals surface area (Å²) in [6.07, 6.45) is 1.91. The van der Waals surface area contributed by atoms with Crippen molar-refractivity contribution in [3.05, 3.63) is 11.3 Å². The number of halogens is 2. The van der Waals surface area contributed by atoms with Gasteiger partial charge in [-0.1, -0.05) is 0 Å². The monoisotopic (exact) mass is 352 g/mol. The van der Waals surface area contributed by atoms with Crippen LogP contribution in [0.4, 0.5) is 20.5 Å². The molecule has 1 aromatic rings. The van der Waals surface area contributed by atoms with Crippen molar-refractivity contribution in [1.29, 1.82) is 0 Å². The Hall–Kier alpha value is -1.99. The quantitative estimate of drug-likeness (QED) is 0.897. The van der Waals surface area contributed by atoms with E-state index < -0.39 is 11.9 Å². The normalized spacial score (nSPS) is 25.2. The summed E-state index contributed by atoms with van der Waals surface area (Å²) in [5, 5.41) is 8.90. The molecule has 1 aliphatic carbocycles. The Labute approximate surface area is 144 Å². The molecule has 0 saturated carbocycles. The Morgan fingerprint density at radius 2 is 2.12 bits per heavy atom. The minimum atomic E-state index is -2.92. The molecule has 25 heavy (non-hydrogen) atoms. The second-order valence-electron chi connectivity index (χ2n) is 7.43. The average molecular weight is 352 g/mol. The third-order valence-electron chi connectivity index (χ3n) is 5.53. The van der Waals surface area contributed by atoms with Crippen molar-refractivity contribution in [3.63, 3.8) is 0 Å². The van der Waals surface area contributed by atoms with Crippen LogP contribution in [-0.4, -0.2) is 46.7 Å². The van der Waals surface area contributed by atoms with Gasteiger partial charge in [0, 0.05) is 43.6 Å². The van der Waals surface area contributed by atoms with Gasteiger partial charge in [0.15, 0.2) is 0 Å². The van der Waals surface area contributed by atoms with Crippen LogP contribution >= 0.6 is 0 Å². The van der Waals surface area contributed by atoms with E-state index in [-0.39, 0.29) is 30.5 Å². The van der Waals surface area contributed by atoms with Gasteiger partial charge in [0.2, 0.25) is 5.95 Å². The Balaban J connectivity index is 1.68. The lowest BCUT2D eigenvalue weighted by Crippen LogP contribution is -2.50. The molecule has 0 aromatic carbocycles. The molecule has 1 unspecified atom stereocenters. The third kappa shape index (κ3) is 2.81. The minimum absolute atomic E-state index is 0.0543. The zero-order valence-corrected chi connectivity index (χ0v) is 14.2. The van der Waals surface area contributed by atoms with E-state index in [2.05, 4.69) is 9.97 Å². The fourth-order valence-electron chi connectivity index (χ4n) is 3.92. The van der Waals surface area contributed by atoms with Crippen LogP contribution in [0.3, 0.4) is 0 Å². The summed E-state index contributed by atoms with van der Waals surface area (Å²) in [6, 6.07) is 0.263. The van der Waals surface area contributed by atoms with Crippen molar-refractivity contribution in [2.75, 3.05) is 29.4 Å². The summed E-state index contributed by atoms with van der Waals surface area (Å²) in [6.45, 7) is 3.93. The van der Waals surface area contributed by atoms with E-state index in [0.29, 0.717) is 43.3 Å². The number of aromatic nitrogens is 2. The van der Waals surface area contributed by atoms with Crippen molar-refractivity contribution in [2.45, 2.75) is 51.0 Å². The number of anilines is 2. The number of fused-ring (bicyclic) bond motifs is 1. The summed E-state index contributed by atoms with van der Waals surface area (Å²) >= 11 is 0. The van der Waals surface area contributed by atoms with Gasteiger partial charge in [-0.25, -0.2) is 4.98 Å². The molecule has 0 bridgehead atoms. The molecule has 2 aliphatic heterocycles. The lowest BCUT2D eigenvalue weighted by molar-refractivity contribution is -0.138. The van der Waals surface area contributed by atoms with E-state index in [0.717, 1.165) is 13.0 Å². The molecule has 1 N–H and O–H groups in total. The number of nitrogens with zero attached hydrogens (tertiary/aromatic N) is 4. The molecule has 1 atom stereocenters. The molecular weight excluding hydrogens is 330 g/mol. The van der Waals surface area contributed by atoms with Crippen LogP contribution in [0.25, 0.3) is 0 Å². The first kappa shape index (κ1) is 16.5. The van der Waals surface area contributed by atoms with Crippen molar-refractivity contribution < 1.29 is 18.7 Å². The molecule has 3 aliphatic rings. The third-order valence-corrected chi connectivity index (χ3v) is 5.53. The number of alkyl halides is 2. The Kier molecular flexibility index (Phi) is 3.81. The maximum atomic E-state index is 14.5. The summed E-state index contributed by atoms with van der Waals surface area (Å²) in [4.78, 5) is 23.6. The summed E-state index contributed by atoms with van der Waals surface area (Å²) in [7, 11) is 0. The molecule has 4 rings (SSSR count). The average Bonchev–Trinajstić information content (AvgIpc) is 2.49. The molecule has 6 nitrogen and oxygen atoms in total. The second kappa shape index (κ2) is 5.78. The molecule has 0 spiro atoms. The first-order valence-electron chi connectivity index (χ1n) is 8.88. The SMILES string of the molecule is CC1CCN1c1nc(N2CC(CC(=O)O)C2)c2c(n1)C(F)(F)CCC2. The van der Waals surface area contributed by atoms with Gasteiger partial charge in [-0.15, -0.1) is 0 Å². The Morgan fingerprint density at radius 3 is 2.72 bits per heavy atom. The number of carboxylic acid groups (broad SMARTS) is 1. The van der Waals surface area contributed by atoms with Crippen LogP contribution in [0.2, 0.25) is 0 Å². The first-order chi connectivity index (χ1) is 11.8. The zero-order chi connectivity index (χ0) is 17.8. The largest absolute Gasteiger partial charge is 0.481 e. The number of carbonyl (C=O) groups is 1. The van der Waals surface area contributed by atoms with Gasteiger partial charge in [-0.3, -0.25) is 4.79 Å². The highest BCUT2D eigenvalue weighted by Gasteiger charge is 2.43.